The van der Waals surface area contributed by atoms with Crippen molar-refractivity contribution >= 4 is 0 Å². The van der Waals surface area contributed by atoms with E-state index in [2.05, 4.69) is 28.0 Å². The number of fused-ring (bicyclic) bond motifs is 3. The van der Waals surface area contributed by atoms with Crippen LogP contribution in [0.5, 0.6) is 11.5 Å². The van der Waals surface area contributed by atoms with Gasteiger partial charge in [0.05, 0.1) is 13.2 Å². The molecule has 0 aliphatic carbocycles. The van der Waals surface area contributed by atoms with Crippen LogP contribution in [0.2, 0.25) is 0 Å². The van der Waals surface area contributed by atoms with Gasteiger partial charge in [-0.3, -0.25) is 4.90 Å². The first-order chi connectivity index (χ1) is 13.3. The molecule has 3 heterocycles. The molecule has 1 fully saturated rings. The second kappa shape index (κ2) is 7.13. The molecule has 1 saturated heterocycles. The van der Waals surface area contributed by atoms with Crippen LogP contribution in [-0.2, 0) is 0 Å². The number of halogens is 1. The Morgan fingerprint density at radius 3 is 2.85 bits per heavy atom. The third-order valence-corrected chi connectivity index (χ3v) is 6.05. The lowest BCUT2D eigenvalue weighted by atomic mass is 9.97. The zero-order chi connectivity index (χ0) is 18.2. The second-order valence-electron chi connectivity index (χ2n) is 7.62. The molecule has 0 aromatic heterocycles. The minimum absolute atomic E-state index is 0.229. The predicted molar refractivity (Wildman–Crippen MR) is 102 cm³/mol. The lowest BCUT2D eigenvalue weighted by molar-refractivity contribution is 0.0427. The first-order valence-corrected chi connectivity index (χ1v) is 9.92. The quantitative estimate of drug-likeness (QED) is 0.750. The van der Waals surface area contributed by atoms with E-state index in [0.717, 1.165) is 57.1 Å². The van der Waals surface area contributed by atoms with Crippen LogP contribution in [0.15, 0.2) is 42.5 Å². The maximum Gasteiger partial charge on any atom is 0.124 e. The Labute approximate surface area is 159 Å². The van der Waals surface area contributed by atoms with Gasteiger partial charge in [0.2, 0.25) is 0 Å². The predicted octanol–water partition coefficient (Wildman–Crippen LogP) is 3.79. The first-order valence-electron chi connectivity index (χ1n) is 9.92. The van der Waals surface area contributed by atoms with Crippen molar-refractivity contribution in [2.24, 2.45) is 0 Å². The van der Waals surface area contributed by atoms with Crippen LogP contribution < -0.4 is 9.47 Å². The van der Waals surface area contributed by atoms with E-state index >= 15 is 0 Å². The molecule has 5 heteroatoms. The zero-order valence-electron chi connectivity index (χ0n) is 15.4. The van der Waals surface area contributed by atoms with Gasteiger partial charge in [0, 0.05) is 50.2 Å². The molecular weight excluding hydrogens is 343 g/mol. The lowest BCUT2D eigenvalue weighted by Crippen LogP contribution is -2.47. The van der Waals surface area contributed by atoms with Crippen molar-refractivity contribution in [3.8, 4) is 11.5 Å². The number of benzene rings is 2. The van der Waals surface area contributed by atoms with Crippen molar-refractivity contribution in [3.05, 3.63) is 59.4 Å². The summed E-state index contributed by atoms with van der Waals surface area (Å²) in [5.74, 6) is 1.60. The molecule has 0 spiro atoms. The Hall–Kier alpha value is -2.11. The van der Waals surface area contributed by atoms with E-state index in [9.17, 15) is 4.39 Å². The molecule has 0 saturated carbocycles. The zero-order valence-corrected chi connectivity index (χ0v) is 15.4. The summed E-state index contributed by atoms with van der Waals surface area (Å²) in [5.41, 5.74) is 2.90. The van der Waals surface area contributed by atoms with Crippen molar-refractivity contribution < 1.29 is 13.9 Å². The molecule has 3 aliphatic heterocycles. The third kappa shape index (κ3) is 3.19. The molecule has 3 aliphatic rings. The van der Waals surface area contributed by atoms with E-state index in [-0.39, 0.29) is 5.82 Å². The van der Waals surface area contributed by atoms with Gasteiger partial charge in [0.1, 0.15) is 17.3 Å². The Morgan fingerprint density at radius 1 is 1.07 bits per heavy atom. The number of hydrogen-bond donors (Lipinski definition) is 0. The van der Waals surface area contributed by atoms with Gasteiger partial charge in [-0.25, -0.2) is 4.39 Å². The molecule has 0 bridgehead atoms. The van der Waals surface area contributed by atoms with Gasteiger partial charge in [-0.15, -0.1) is 0 Å². The van der Waals surface area contributed by atoms with Gasteiger partial charge in [-0.05, 0) is 42.3 Å². The fourth-order valence-corrected chi connectivity index (χ4v) is 4.81. The van der Waals surface area contributed by atoms with Gasteiger partial charge in [-0.1, -0.05) is 12.1 Å². The number of rotatable bonds is 5. The molecule has 0 amide bonds. The lowest BCUT2D eigenvalue weighted by Gasteiger charge is -2.40. The number of hydrogen-bond acceptors (Lipinski definition) is 4. The highest BCUT2D eigenvalue weighted by molar-refractivity contribution is 5.49. The van der Waals surface area contributed by atoms with Crippen LogP contribution in [0, 0.1) is 5.82 Å². The Kier molecular flexibility index (Phi) is 4.50. The summed E-state index contributed by atoms with van der Waals surface area (Å²) in [5, 5.41) is 0. The maximum atomic E-state index is 12.9. The summed E-state index contributed by atoms with van der Waals surface area (Å²) < 4.78 is 24.6. The van der Waals surface area contributed by atoms with E-state index in [0.29, 0.717) is 18.7 Å². The molecule has 2 atom stereocenters. The van der Waals surface area contributed by atoms with E-state index in [4.69, 9.17) is 9.47 Å². The average molecular weight is 368 g/mol. The highest BCUT2D eigenvalue weighted by atomic mass is 19.1. The molecule has 2 aromatic rings. The Balaban J connectivity index is 1.18. The van der Waals surface area contributed by atoms with Crippen molar-refractivity contribution in [1.29, 1.82) is 0 Å². The second-order valence-corrected chi connectivity index (χ2v) is 7.62. The minimum atomic E-state index is -0.229. The van der Waals surface area contributed by atoms with Crippen molar-refractivity contribution in [3.63, 3.8) is 0 Å². The van der Waals surface area contributed by atoms with E-state index in [1.807, 2.05) is 0 Å². The first kappa shape index (κ1) is 17.0. The molecule has 0 radical (unpaired) electrons. The number of ether oxygens (including phenoxy) is 2. The molecule has 27 heavy (non-hydrogen) atoms. The summed E-state index contributed by atoms with van der Waals surface area (Å²) in [6.07, 6.45) is 2.08. The van der Waals surface area contributed by atoms with Gasteiger partial charge >= 0.3 is 0 Å². The van der Waals surface area contributed by atoms with Crippen molar-refractivity contribution in [2.45, 2.75) is 24.9 Å². The van der Waals surface area contributed by atoms with Crippen LogP contribution in [0.1, 0.15) is 36.1 Å². The van der Waals surface area contributed by atoms with E-state index < -0.39 is 0 Å². The summed E-state index contributed by atoms with van der Waals surface area (Å²) >= 11 is 0. The number of nitrogens with zero attached hydrogens (tertiary/aromatic N) is 2. The fraction of sp³-hybridized carbons (Fsp3) is 0.455. The van der Waals surface area contributed by atoms with Crippen molar-refractivity contribution in [1.82, 2.24) is 9.80 Å². The standard InChI is InChI=1S/C22H25FN2O2/c23-16-5-7-17(8-6-16)26-13-2-10-24-11-12-25-19-9-14-27-21-4-1-3-18(22(19)21)20(25)15-24/h1,3-8,19-20H,2,9-15H2. The molecule has 2 unspecified atom stereocenters. The monoisotopic (exact) mass is 368 g/mol. The summed E-state index contributed by atoms with van der Waals surface area (Å²) in [7, 11) is 0. The summed E-state index contributed by atoms with van der Waals surface area (Å²) in [4.78, 5) is 5.23. The van der Waals surface area contributed by atoms with Crippen LogP contribution in [0.4, 0.5) is 4.39 Å². The summed E-state index contributed by atoms with van der Waals surface area (Å²) in [6, 6.07) is 13.8. The SMILES string of the molecule is Fc1ccc(OCCCN2CCN3C(C2)c2cccc4c2C3CCO4)cc1. The van der Waals surface area contributed by atoms with Crippen LogP contribution >= 0.6 is 0 Å². The average Bonchev–Trinajstić information content (AvgIpc) is 3.02. The Bertz CT molecular complexity index is 810. The number of piperazine rings is 1. The van der Waals surface area contributed by atoms with E-state index in [1.54, 1.807) is 12.1 Å². The fourth-order valence-electron chi connectivity index (χ4n) is 4.81. The topological polar surface area (TPSA) is 24.9 Å². The molecule has 4 nitrogen and oxygen atoms in total. The smallest absolute Gasteiger partial charge is 0.124 e. The molecular formula is C22H25FN2O2. The minimum Gasteiger partial charge on any atom is -0.494 e. The highest BCUT2D eigenvalue weighted by Gasteiger charge is 2.44. The Morgan fingerprint density at radius 2 is 1.96 bits per heavy atom. The molecule has 142 valence electrons. The van der Waals surface area contributed by atoms with E-state index in [1.165, 1.54) is 23.3 Å². The van der Waals surface area contributed by atoms with Gasteiger partial charge in [0.15, 0.2) is 0 Å². The largest absolute Gasteiger partial charge is 0.494 e. The molecule has 5 rings (SSSR count). The van der Waals surface area contributed by atoms with Crippen LogP contribution in [0.3, 0.4) is 0 Å². The normalized spacial score (nSPS) is 24.2. The summed E-state index contributed by atoms with van der Waals surface area (Å²) in [6.45, 7) is 5.81. The van der Waals surface area contributed by atoms with Gasteiger partial charge < -0.3 is 14.4 Å². The maximum absolute atomic E-state index is 12.9. The molecule has 2 aromatic carbocycles. The third-order valence-electron chi connectivity index (χ3n) is 6.05. The highest BCUT2D eigenvalue weighted by Crippen LogP contribution is 2.50. The van der Waals surface area contributed by atoms with Crippen LogP contribution in [-0.4, -0.2) is 49.2 Å². The molecule has 0 N–H and O–H groups in total. The van der Waals surface area contributed by atoms with Crippen LogP contribution in [0.25, 0.3) is 0 Å². The van der Waals surface area contributed by atoms with Gasteiger partial charge in [-0.2, -0.15) is 0 Å². The van der Waals surface area contributed by atoms with Crippen molar-refractivity contribution in [2.75, 3.05) is 39.4 Å². The van der Waals surface area contributed by atoms with Gasteiger partial charge in [0.25, 0.3) is 0 Å².